The summed E-state index contributed by atoms with van der Waals surface area (Å²) < 4.78 is 21.3. The number of nitrogens with one attached hydrogen (secondary N) is 3. The van der Waals surface area contributed by atoms with Crippen LogP contribution in [0.1, 0.15) is 17.0 Å². The number of carbonyl (C=O) groups excluding carboxylic acids is 1. The van der Waals surface area contributed by atoms with Crippen molar-refractivity contribution in [3.05, 3.63) is 44.9 Å². The molecular formula is C17H17N3O6. The van der Waals surface area contributed by atoms with Gasteiger partial charge in [0, 0.05) is 0 Å². The summed E-state index contributed by atoms with van der Waals surface area (Å²) in [5.41, 5.74) is 1.75. The van der Waals surface area contributed by atoms with Gasteiger partial charge in [0.1, 0.15) is 12.4 Å². The average molecular weight is 359 g/mol. The van der Waals surface area contributed by atoms with Crippen LogP contribution in [0.3, 0.4) is 0 Å². The van der Waals surface area contributed by atoms with E-state index in [-0.39, 0.29) is 12.2 Å². The van der Waals surface area contributed by atoms with E-state index in [0.717, 1.165) is 0 Å². The highest BCUT2D eigenvalue weighted by molar-refractivity contribution is 5.97. The Labute approximate surface area is 147 Å². The van der Waals surface area contributed by atoms with E-state index in [1.165, 1.54) is 21.3 Å². The van der Waals surface area contributed by atoms with Crippen LogP contribution in [0.15, 0.2) is 28.2 Å². The maximum atomic E-state index is 12.4. The van der Waals surface area contributed by atoms with Gasteiger partial charge < -0.3 is 24.3 Å². The summed E-state index contributed by atoms with van der Waals surface area (Å²) in [7, 11) is 4.52. The third-order valence-electron chi connectivity index (χ3n) is 4.58. The van der Waals surface area contributed by atoms with E-state index in [2.05, 4.69) is 15.5 Å². The summed E-state index contributed by atoms with van der Waals surface area (Å²) in [4.78, 5) is 24.7. The number of carbonyl (C=O) groups is 1. The average Bonchev–Trinajstić information content (AvgIpc) is 3.22. The molecule has 0 spiro atoms. The van der Waals surface area contributed by atoms with Gasteiger partial charge in [-0.05, 0) is 17.7 Å². The van der Waals surface area contributed by atoms with Gasteiger partial charge in [0.05, 0.1) is 44.1 Å². The van der Waals surface area contributed by atoms with Crippen LogP contribution in [0.25, 0.3) is 0 Å². The molecule has 9 nitrogen and oxygen atoms in total. The van der Waals surface area contributed by atoms with Crippen molar-refractivity contribution in [2.75, 3.05) is 33.3 Å². The number of cyclic esters (lactones) is 1. The molecular weight excluding hydrogens is 342 g/mol. The van der Waals surface area contributed by atoms with Gasteiger partial charge in [0.15, 0.2) is 11.5 Å². The number of methoxy groups -OCH3 is 3. The van der Waals surface area contributed by atoms with E-state index in [9.17, 15) is 9.59 Å². The largest absolute Gasteiger partial charge is 0.493 e. The van der Waals surface area contributed by atoms with Crippen LogP contribution in [0.5, 0.6) is 17.2 Å². The summed E-state index contributed by atoms with van der Waals surface area (Å²) in [5, 5.41) is 8.40. The number of aromatic nitrogens is 2. The second kappa shape index (κ2) is 5.87. The van der Waals surface area contributed by atoms with Gasteiger partial charge in [-0.2, -0.15) is 0 Å². The lowest BCUT2D eigenvalue weighted by Gasteiger charge is -2.24. The zero-order valence-electron chi connectivity index (χ0n) is 14.4. The summed E-state index contributed by atoms with van der Waals surface area (Å²) in [6.07, 6.45) is 0. The lowest BCUT2D eigenvalue weighted by atomic mass is 9.83. The van der Waals surface area contributed by atoms with Crippen molar-refractivity contribution in [2.45, 2.75) is 5.92 Å². The van der Waals surface area contributed by atoms with Gasteiger partial charge >= 0.3 is 5.97 Å². The second-order valence-corrected chi connectivity index (χ2v) is 5.85. The Morgan fingerprint density at radius 1 is 1.04 bits per heavy atom. The predicted molar refractivity (Wildman–Crippen MR) is 91.0 cm³/mol. The fraction of sp³-hybridized carbons (Fsp3) is 0.294. The van der Waals surface area contributed by atoms with E-state index in [1.807, 2.05) is 0 Å². The molecule has 0 saturated carbocycles. The summed E-state index contributed by atoms with van der Waals surface area (Å²) in [6.45, 7) is 0.127. The van der Waals surface area contributed by atoms with Crippen LogP contribution in [-0.2, 0) is 9.53 Å². The van der Waals surface area contributed by atoms with Crippen molar-refractivity contribution < 1.29 is 23.7 Å². The molecule has 0 aliphatic carbocycles. The lowest BCUT2D eigenvalue weighted by molar-refractivity contribution is -0.136. The number of fused-ring (bicyclic) bond motifs is 1. The van der Waals surface area contributed by atoms with E-state index in [1.54, 1.807) is 12.1 Å². The highest BCUT2D eigenvalue weighted by Crippen LogP contribution is 2.46. The van der Waals surface area contributed by atoms with E-state index in [4.69, 9.17) is 18.9 Å². The molecule has 1 aromatic heterocycles. The summed E-state index contributed by atoms with van der Waals surface area (Å²) >= 11 is 0. The van der Waals surface area contributed by atoms with Crippen molar-refractivity contribution in [3.63, 3.8) is 0 Å². The first-order valence-corrected chi connectivity index (χ1v) is 7.86. The van der Waals surface area contributed by atoms with E-state index >= 15 is 0 Å². The van der Waals surface area contributed by atoms with Gasteiger partial charge in [-0.1, -0.05) is 0 Å². The number of H-pyrrole nitrogens is 2. The maximum Gasteiger partial charge on any atom is 0.337 e. The SMILES string of the molecule is COc1cc(C2C3=C(COC3=O)Nc3[nH][nH]c(=O)c32)cc(OC)c1OC. The number of benzene rings is 1. The molecule has 3 heterocycles. The van der Waals surface area contributed by atoms with Crippen molar-refractivity contribution in [1.29, 1.82) is 0 Å². The minimum Gasteiger partial charge on any atom is -0.493 e. The number of aromatic amines is 2. The molecule has 2 aliphatic heterocycles. The first-order valence-electron chi connectivity index (χ1n) is 7.86. The van der Waals surface area contributed by atoms with Crippen molar-refractivity contribution >= 4 is 11.8 Å². The molecule has 4 rings (SSSR count). The Hall–Kier alpha value is -3.36. The number of esters is 1. The smallest absolute Gasteiger partial charge is 0.337 e. The highest BCUT2D eigenvalue weighted by Gasteiger charge is 2.41. The fourth-order valence-corrected chi connectivity index (χ4v) is 3.45. The zero-order valence-corrected chi connectivity index (χ0v) is 14.4. The third kappa shape index (κ3) is 2.17. The number of hydrogen-bond donors (Lipinski definition) is 3. The van der Waals surface area contributed by atoms with Crippen LogP contribution in [0, 0.1) is 0 Å². The Morgan fingerprint density at radius 3 is 2.35 bits per heavy atom. The third-order valence-corrected chi connectivity index (χ3v) is 4.58. The Bertz CT molecular complexity index is 962. The molecule has 1 atom stereocenters. The Kier molecular flexibility index (Phi) is 3.64. The Morgan fingerprint density at radius 2 is 1.73 bits per heavy atom. The molecule has 3 N–H and O–H groups in total. The van der Waals surface area contributed by atoms with Crippen LogP contribution in [-0.4, -0.2) is 44.1 Å². The molecule has 0 radical (unpaired) electrons. The minimum absolute atomic E-state index is 0.127. The van der Waals surface area contributed by atoms with Gasteiger partial charge in [-0.3, -0.25) is 15.0 Å². The first kappa shape index (κ1) is 16.1. The van der Waals surface area contributed by atoms with Gasteiger partial charge in [-0.25, -0.2) is 4.79 Å². The highest BCUT2D eigenvalue weighted by atomic mass is 16.5. The van der Waals surface area contributed by atoms with Crippen molar-refractivity contribution in [1.82, 2.24) is 10.2 Å². The number of rotatable bonds is 4. The molecule has 26 heavy (non-hydrogen) atoms. The quantitative estimate of drug-likeness (QED) is 0.700. The number of ether oxygens (including phenoxy) is 4. The summed E-state index contributed by atoms with van der Waals surface area (Å²) in [6, 6.07) is 3.45. The van der Waals surface area contributed by atoms with Crippen LogP contribution < -0.4 is 25.1 Å². The molecule has 2 aromatic rings. The van der Waals surface area contributed by atoms with Crippen molar-refractivity contribution in [2.24, 2.45) is 0 Å². The van der Waals surface area contributed by atoms with Crippen LogP contribution in [0.4, 0.5) is 5.82 Å². The van der Waals surface area contributed by atoms with E-state index in [0.29, 0.717) is 45.5 Å². The van der Waals surface area contributed by atoms with Crippen LogP contribution >= 0.6 is 0 Å². The van der Waals surface area contributed by atoms with Gasteiger partial charge in [-0.15, -0.1) is 0 Å². The van der Waals surface area contributed by atoms with Gasteiger partial charge in [0.25, 0.3) is 5.56 Å². The zero-order chi connectivity index (χ0) is 18.4. The lowest BCUT2D eigenvalue weighted by Crippen LogP contribution is -2.23. The first-order chi connectivity index (χ1) is 12.6. The molecule has 0 bridgehead atoms. The van der Waals surface area contributed by atoms with E-state index < -0.39 is 11.9 Å². The molecule has 0 saturated heterocycles. The fourth-order valence-electron chi connectivity index (χ4n) is 3.45. The summed E-state index contributed by atoms with van der Waals surface area (Å²) in [5.74, 6) is 0.715. The molecule has 9 heteroatoms. The van der Waals surface area contributed by atoms with Crippen molar-refractivity contribution in [3.8, 4) is 17.2 Å². The number of anilines is 1. The topological polar surface area (TPSA) is 115 Å². The molecule has 1 unspecified atom stereocenters. The Balaban J connectivity index is 1.97. The number of hydrogen-bond acceptors (Lipinski definition) is 7. The molecule has 0 amide bonds. The van der Waals surface area contributed by atoms with Gasteiger partial charge in [0.2, 0.25) is 5.75 Å². The normalized spacial score (nSPS) is 18.0. The molecule has 2 aliphatic rings. The monoisotopic (exact) mass is 359 g/mol. The molecule has 1 aromatic carbocycles. The van der Waals surface area contributed by atoms with Crippen LogP contribution in [0.2, 0.25) is 0 Å². The predicted octanol–water partition coefficient (Wildman–Crippen LogP) is 1.10. The molecule has 0 fully saturated rings. The standard InChI is InChI=1S/C17H17N3O6/c1-23-9-4-7(5-10(24-2)14(9)25-3)11-12-8(6-26-17(12)22)18-15-13(11)16(21)20-19-15/h4-5,11H,6H2,1-3H3,(H3,18,19,20,21). The minimum atomic E-state index is -0.625. The second-order valence-electron chi connectivity index (χ2n) is 5.85. The maximum absolute atomic E-state index is 12.4. The molecule has 136 valence electrons.